The fraction of sp³-hybridized carbons (Fsp3) is 1.00. The predicted octanol–water partition coefficient (Wildman–Crippen LogP) is 1.99. The Morgan fingerprint density at radius 3 is 2.37 bits per heavy atom. The molecule has 0 aliphatic carbocycles. The molecule has 0 bridgehead atoms. The zero-order valence-electron chi connectivity index (χ0n) is 13.0. The van der Waals surface area contributed by atoms with E-state index >= 15 is 0 Å². The highest BCUT2D eigenvalue weighted by atomic mass is 32.2. The SMILES string of the molecule is CC(C)NCC1(CCS(=O)(=O)C(C)(C)C)CCOC1. The Bertz CT molecular complexity index is 376. The second-order valence-corrected chi connectivity index (χ2v) is 9.88. The molecule has 1 atom stereocenters. The van der Waals surface area contributed by atoms with E-state index in [-0.39, 0.29) is 11.2 Å². The molecule has 0 radical (unpaired) electrons. The van der Waals surface area contributed by atoms with E-state index in [2.05, 4.69) is 19.2 Å². The van der Waals surface area contributed by atoms with Gasteiger partial charge in [-0.2, -0.15) is 0 Å². The number of ether oxygens (including phenoxy) is 1. The van der Waals surface area contributed by atoms with Gasteiger partial charge in [-0.25, -0.2) is 8.42 Å². The van der Waals surface area contributed by atoms with Gasteiger partial charge in [0.25, 0.3) is 0 Å². The normalized spacial score (nSPS) is 25.2. The zero-order valence-corrected chi connectivity index (χ0v) is 13.8. The fourth-order valence-electron chi connectivity index (χ4n) is 2.15. The van der Waals surface area contributed by atoms with Gasteiger partial charge in [-0.3, -0.25) is 0 Å². The molecule has 0 spiro atoms. The molecule has 1 rings (SSSR count). The summed E-state index contributed by atoms with van der Waals surface area (Å²) < 4.78 is 29.3. The summed E-state index contributed by atoms with van der Waals surface area (Å²) in [5.41, 5.74) is -0.0113. The lowest BCUT2D eigenvalue weighted by molar-refractivity contribution is 0.146. The van der Waals surface area contributed by atoms with Crippen LogP contribution in [0.2, 0.25) is 0 Å². The average molecular weight is 291 g/mol. The minimum atomic E-state index is -3.05. The largest absolute Gasteiger partial charge is 0.381 e. The summed E-state index contributed by atoms with van der Waals surface area (Å²) in [4.78, 5) is 0. The van der Waals surface area contributed by atoms with Crippen molar-refractivity contribution in [2.24, 2.45) is 5.41 Å². The molecule has 1 aliphatic heterocycles. The van der Waals surface area contributed by atoms with Crippen molar-refractivity contribution < 1.29 is 13.2 Å². The highest BCUT2D eigenvalue weighted by Crippen LogP contribution is 2.33. The average Bonchev–Trinajstić information content (AvgIpc) is 2.72. The van der Waals surface area contributed by atoms with Gasteiger partial charge in [0, 0.05) is 24.6 Å². The summed E-state index contributed by atoms with van der Waals surface area (Å²) in [6.07, 6.45) is 1.64. The van der Waals surface area contributed by atoms with Crippen LogP contribution in [-0.4, -0.2) is 44.7 Å². The summed E-state index contributed by atoms with van der Waals surface area (Å²) in [6.45, 7) is 11.8. The smallest absolute Gasteiger partial charge is 0.155 e. The van der Waals surface area contributed by atoms with Crippen LogP contribution >= 0.6 is 0 Å². The van der Waals surface area contributed by atoms with Crippen LogP contribution in [0.3, 0.4) is 0 Å². The van der Waals surface area contributed by atoms with Gasteiger partial charge in [-0.05, 0) is 33.6 Å². The van der Waals surface area contributed by atoms with Gasteiger partial charge in [0.15, 0.2) is 9.84 Å². The van der Waals surface area contributed by atoms with E-state index in [4.69, 9.17) is 4.74 Å². The number of nitrogens with one attached hydrogen (secondary N) is 1. The lowest BCUT2D eigenvalue weighted by Gasteiger charge is -2.30. The Morgan fingerprint density at radius 1 is 1.32 bits per heavy atom. The molecule has 19 heavy (non-hydrogen) atoms. The number of hydrogen-bond donors (Lipinski definition) is 1. The van der Waals surface area contributed by atoms with Gasteiger partial charge in [0.05, 0.1) is 17.1 Å². The van der Waals surface area contributed by atoms with Gasteiger partial charge in [0.1, 0.15) is 0 Å². The van der Waals surface area contributed by atoms with Crippen LogP contribution in [0.5, 0.6) is 0 Å². The fourth-order valence-corrected chi connectivity index (χ4v) is 3.47. The Balaban J connectivity index is 2.65. The van der Waals surface area contributed by atoms with Gasteiger partial charge in [0.2, 0.25) is 0 Å². The van der Waals surface area contributed by atoms with Crippen LogP contribution in [0.4, 0.5) is 0 Å². The van der Waals surface area contributed by atoms with E-state index < -0.39 is 14.6 Å². The minimum Gasteiger partial charge on any atom is -0.381 e. The molecule has 0 saturated carbocycles. The first-order chi connectivity index (χ1) is 8.58. The summed E-state index contributed by atoms with van der Waals surface area (Å²) in [5, 5.41) is 3.43. The van der Waals surface area contributed by atoms with Crippen LogP contribution < -0.4 is 5.32 Å². The van der Waals surface area contributed by atoms with Crippen LogP contribution in [0, 0.1) is 5.41 Å². The number of hydrogen-bond acceptors (Lipinski definition) is 4. The van der Waals surface area contributed by atoms with Crippen LogP contribution in [0.1, 0.15) is 47.5 Å². The van der Waals surface area contributed by atoms with E-state index in [0.29, 0.717) is 19.1 Å². The lowest BCUT2D eigenvalue weighted by atomic mass is 9.84. The minimum absolute atomic E-state index is 0.0113. The molecule has 0 aromatic heterocycles. The van der Waals surface area contributed by atoms with Crippen molar-refractivity contribution in [3.8, 4) is 0 Å². The summed E-state index contributed by atoms with van der Waals surface area (Å²) >= 11 is 0. The number of rotatable bonds is 6. The summed E-state index contributed by atoms with van der Waals surface area (Å²) in [7, 11) is -3.05. The van der Waals surface area contributed by atoms with Crippen molar-refractivity contribution in [1.29, 1.82) is 0 Å². The Labute approximate surface area is 118 Å². The molecule has 0 aromatic carbocycles. The first kappa shape index (κ1) is 16.9. The molecule has 0 amide bonds. The summed E-state index contributed by atoms with van der Waals surface area (Å²) in [6, 6.07) is 0.414. The van der Waals surface area contributed by atoms with E-state index in [1.165, 1.54) is 0 Å². The van der Waals surface area contributed by atoms with E-state index in [9.17, 15) is 8.42 Å². The maximum Gasteiger partial charge on any atom is 0.155 e. The molecular formula is C14H29NO3S. The topological polar surface area (TPSA) is 55.4 Å². The molecule has 1 saturated heterocycles. The Morgan fingerprint density at radius 2 is 1.95 bits per heavy atom. The first-order valence-electron chi connectivity index (χ1n) is 7.11. The molecule has 1 aliphatic rings. The molecular weight excluding hydrogens is 262 g/mol. The van der Waals surface area contributed by atoms with Gasteiger partial charge in [-0.1, -0.05) is 13.8 Å². The van der Waals surface area contributed by atoms with Crippen molar-refractivity contribution in [2.45, 2.75) is 58.2 Å². The molecule has 114 valence electrons. The molecule has 0 aromatic rings. The van der Waals surface area contributed by atoms with Crippen LogP contribution in [-0.2, 0) is 14.6 Å². The van der Waals surface area contributed by atoms with E-state index in [1.54, 1.807) is 20.8 Å². The Hall–Kier alpha value is -0.130. The third-order valence-electron chi connectivity index (χ3n) is 3.90. The highest BCUT2D eigenvalue weighted by molar-refractivity contribution is 7.92. The Kier molecular flexibility index (Phi) is 5.43. The molecule has 1 unspecified atom stereocenters. The van der Waals surface area contributed by atoms with E-state index in [0.717, 1.165) is 19.6 Å². The quantitative estimate of drug-likeness (QED) is 0.813. The maximum atomic E-state index is 12.2. The third-order valence-corrected chi connectivity index (χ3v) is 6.51. The molecule has 1 N–H and O–H groups in total. The van der Waals surface area contributed by atoms with Crippen LogP contribution in [0.15, 0.2) is 0 Å². The van der Waals surface area contributed by atoms with Crippen molar-refractivity contribution in [2.75, 3.05) is 25.5 Å². The lowest BCUT2D eigenvalue weighted by Crippen LogP contribution is -2.41. The number of sulfone groups is 1. The second-order valence-electron chi connectivity index (χ2n) is 7.02. The van der Waals surface area contributed by atoms with Gasteiger partial charge < -0.3 is 10.1 Å². The van der Waals surface area contributed by atoms with Crippen molar-refractivity contribution in [1.82, 2.24) is 5.32 Å². The third kappa shape index (κ3) is 4.72. The highest BCUT2D eigenvalue weighted by Gasteiger charge is 2.38. The van der Waals surface area contributed by atoms with Crippen molar-refractivity contribution >= 4 is 9.84 Å². The van der Waals surface area contributed by atoms with Gasteiger partial charge >= 0.3 is 0 Å². The monoisotopic (exact) mass is 291 g/mol. The summed E-state index contributed by atoms with van der Waals surface area (Å²) in [5.74, 6) is 0.250. The van der Waals surface area contributed by atoms with E-state index in [1.807, 2.05) is 0 Å². The maximum absolute atomic E-state index is 12.2. The molecule has 5 heteroatoms. The molecule has 4 nitrogen and oxygen atoms in total. The molecule has 1 heterocycles. The van der Waals surface area contributed by atoms with Crippen LogP contribution in [0.25, 0.3) is 0 Å². The van der Waals surface area contributed by atoms with Crippen molar-refractivity contribution in [3.05, 3.63) is 0 Å². The molecule has 1 fully saturated rings. The second kappa shape index (κ2) is 6.10. The standard InChI is InChI=1S/C14H29NO3S/c1-12(2)15-10-14(6-8-18-11-14)7-9-19(16,17)13(3,4)5/h12,15H,6-11H2,1-5H3. The van der Waals surface area contributed by atoms with Gasteiger partial charge in [-0.15, -0.1) is 0 Å². The first-order valence-corrected chi connectivity index (χ1v) is 8.77. The predicted molar refractivity (Wildman–Crippen MR) is 79.2 cm³/mol. The zero-order chi connectivity index (χ0) is 14.7. The van der Waals surface area contributed by atoms with Crippen molar-refractivity contribution in [3.63, 3.8) is 0 Å².